The quantitative estimate of drug-likeness (QED) is 0.228. The molecular weight excluding hydrogens is 543 g/mol. The first-order valence-corrected chi connectivity index (χ1v) is 11.9. The molecule has 0 radical (unpaired) electrons. The Morgan fingerprint density at radius 2 is 1.68 bits per heavy atom. The molecule has 8 heteroatoms. The monoisotopic (exact) mass is 560 g/mol. The molecule has 0 aliphatic rings. The lowest BCUT2D eigenvalue weighted by molar-refractivity contribution is -0.113. The molecule has 3 aromatic carbocycles. The van der Waals surface area contributed by atoms with E-state index >= 15 is 0 Å². The molecule has 31 heavy (non-hydrogen) atoms. The van der Waals surface area contributed by atoms with Crippen LogP contribution in [0.25, 0.3) is 5.69 Å². The van der Waals surface area contributed by atoms with Gasteiger partial charge in [0.05, 0.1) is 5.75 Å². The van der Waals surface area contributed by atoms with Crippen LogP contribution in [0, 0.1) is 3.57 Å². The summed E-state index contributed by atoms with van der Waals surface area (Å²) in [7, 11) is 0. The molecule has 5 nitrogen and oxygen atoms in total. The summed E-state index contributed by atoms with van der Waals surface area (Å²) in [5, 5.41) is 13.0. The summed E-state index contributed by atoms with van der Waals surface area (Å²) in [4.78, 5) is 12.5. The summed E-state index contributed by atoms with van der Waals surface area (Å²) in [6.45, 7) is 0. The summed E-state index contributed by atoms with van der Waals surface area (Å²) in [5.41, 5.74) is 2.81. The third-order valence-electron chi connectivity index (χ3n) is 4.45. The fraction of sp³-hybridized carbons (Fsp3) is 0.0870. The molecule has 0 unspecified atom stereocenters. The minimum Gasteiger partial charge on any atom is -0.325 e. The number of aromatic nitrogens is 3. The van der Waals surface area contributed by atoms with Gasteiger partial charge in [-0.1, -0.05) is 53.7 Å². The Morgan fingerprint density at radius 3 is 2.39 bits per heavy atom. The highest BCUT2D eigenvalue weighted by molar-refractivity contribution is 14.1. The van der Waals surface area contributed by atoms with Crippen molar-refractivity contribution < 1.29 is 4.79 Å². The van der Waals surface area contributed by atoms with Gasteiger partial charge in [0.25, 0.3) is 0 Å². The smallest absolute Gasteiger partial charge is 0.234 e. The Balaban J connectivity index is 1.54. The lowest BCUT2D eigenvalue weighted by Gasteiger charge is -2.11. The van der Waals surface area contributed by atoms with Crippen molar-refractivity contribution in [1.82, 2.24) is 14.8 Å². The highest BCUT2D eigenvalue weighted by Gasteiger charge is 2.16. The van der Waals surface area contributed by atoms with Crippen molar-refractivity contribution >= 4 is 57.5 Å². The molecule has 0 atom stereocenters. The van der Waals surface area contributed by atoms with E-state index in [1.807, 2.05) is 71.3 Å². The minimum atomic E-state index is -0.0959. The number of hydrogen-bond acceptors (Lipinski definition) is 4. The van der Waals surface area contributed by atoms with Crippen molar-refractivity contribution in [2.45, 2.75) is 11.6 Å². The van der Waals surface area contributed by atoms with Gasteiger partial charge in [0.2, 0.25) is 5.91 Å². The Bertz CT molecular complexity index is 1160. The lowest BCUT2D eigenvalue weighted by atomic mass is 10.1. The third kappa shape index (κ3) is 5.87. The second-order valence-corrected chi connectivity index (χ2v) is 9.34. The number of rotatable bonds is 7. The standard InChI is InChI=1S/C23H18ClIN4OS/c24-17-6-12-20(13-7-17)29-21(14-16-4-2-1-3-5-16)27-28-23(29)31-15-22(30)26-19-10-8-18(25)9-11-19/h1-13H,14-15H2,(H,26,30). The molecule has 0 fully saturated rings. The van der Waals surface area contributed by atoms with Gasteiger partial charge in [0, 0.05) is 26.4 Å². The second kappa shape index (κ2) is 10.3. The highest BCUT2D eigenvalue weighted by Crippen LogP contribution is 2.25. The molecule has 4 aromatic rings. The van der Waals surface area contributed by atoms with Crippen molar-refractivity contribution in [3.63, 3.8) is 0 Å². The van der Waals surface area contributed by atoms with Crippen LogP contribution in [0.3, 0.4) is 0 Å². The molecule has 1 aromatic heterocycles. The van der Waals surface area contributed by atoms with Gasteiger partial charge in [-0.2, -0.15) is 0 Å². The predicted octanol–water partition coefficient (Wildman–Crippen LogP) is 5.85. The molecule has 4 rings (SSSR count). The number of benzene rings is 3. The van der Waals surface area contributed by atoms with Crippen molar-refractivity contribution in [3.05, 3.63) is 98.8 Å². The molecular formula is C23H18ClIN4OS. The zero-order chi connectivity index (χ0) is 21.6. The Hall–Kier alpha value is -2.36. The first-order chi connectivity index (χ1) is 15.1. The number of anilines is 1. The van der Waals surface area contributed by atoms with E-state index in [4.69, 9.17) is 11.6 Å². The van der Waals surface area contributed by atoms with Crippen molar-refractivity contribution in [3.8, 4) is 5.69 Å². The van der Waals surface area contributed by atoms with E-state index < -0.39 is 0 Å². The fourth-order valence-electron chi connectivity index (χ4n) is 3.00. The Kier molecular flexibility index (Phi) is 7.26. The third-order valence-corrected chi connectivity index (χ3v) is 6.35. The van der Waals surface area contributed by atoms with Gasteiger partial charge in [-0.15, -0.1) is 10.2 Å². The zero-order valence-corrected chi connectivity index (χ0v) is 20.1. The lowest BCUT2D eigenvalue weighted by Crippen LogP contribution is -2.14. The first kappa shape index (κ1) is 21.9. The number of thioether (sulfide) groups is 1. The van der Waals surface area contributed by atoms with E-state index in [-0.39, 0.29) is 11.7 Å². The van der Waals surface area contributed by atoms with Crippen LogP contribution in [-0.4, -0.2) is 26.4 Å². The van der Waals surface area contributed by atoms with E-state index in [1.165, 1.54) is 11.8 Å². The van der Waals surface area contributed by atoms with Crippen LogP contribution in [0.4, 0.5) is 5.69 Å². The number of hydrogen-bond donors (Lipinski definition) is 1. The molecule has 1 heterocycles. The van der Waals surface area contributed by atoms with Crippen LogP contribution in [0.1, 0.15) is 11.4 Å². The van der Waals surface area contributed by atoms with Gasteiger partial charge < -0.3 is 5.32 Å². The number of carbonyl (C=O) groups excluding carboxylic acids is 1. The molecule has 1 N–H and O–H groups in total. The van der Waals surface area contributed by atoms with Crippen molar-refractivity contribution in [2.24, 2.45) is 0 Å². The molecule has 0 saturated heterocycles. The van der Waals surface area contributed by atoms with E-state index in [9.17, 15) is 4.79 Å². The minimum absolute atomic E-state index is 0.0959. The normalized spacial score (nSPS) is 10.8. The van der Waals surface area contributed by atoms with Gasteiger partial charge in [0.15, 0.2) is 5.16 Å². The predicted molar refractivity (Wildman–Crippen MR) is 134 cm³/mol. The van der Waals surface area contributed by atoms with Gasteiger partial charge >= 0.3 is 0 Å². The van der Waals surface area contributed by atoms with Crippen LogP contribution in [-0.2, 0) is 11.2 Å². The van der Waals surface area contributed by atoms with Gasteiger partial charge in [0.1, 0.15) is 5.82 Å². The summed E-state index contributed by atoms with van der Waals surface area (Å²) in [6, 6.07) is 25.3. The maximum atomic E-state index is 12.5. The molecule has 0 bridgehead atoms. The number of nitrogens with one attached hydrogen (secondary N) is 1. The topological polar surface area (TPSA) is 59.8 Å². The molecule has 0 aliphatic heterocycles. The maximum absolute atomic E-state index is 12.5. The summed E-state index contributed by atoms with van der Waals surface area (Å²) < 4.78 is 3.10. The number of halogens is 2. The van der Waals surface area contributed by atoms with Crippen LogP contribution >= 0.6 is 46.0 Å². The second-order valence-electron chi connectivity index (χ2n) is 6.72. The van der Waals surface area contributed by atoms with Crippen molar-refractivity contribution in [2.75, 3.05) is 11.1 Å². The molecule has 0 spiro atoms. The largest absolute Gasteiger partial charge is 0.325 e. The van der Waals surface area contributed by atoms with Gasteiger partial charge in [-0.3, -0.25) is 9.36 Å². The highest BCUT2D eigenvalue weighted by atomic mass is 127. The molecule has 0 aliphatic carbocycles. The molecule has 0 saturated carbocycles. The Morgan fingerprint density at radius 1 is 0.968 bits per heavy atom. The van der Waals surface area contributed by atoms with Crippen LogP contribution in [0.5, 0.6) is 0 Å². The van der Waals surface area contributed by atoms with Crippen LogP contribution < -0.4 is 5.32 Å². The van der Waals surface area contributed by atoms with E-state index in [1.54, 1.807) is 0 Å². The first-order valence-electron chi connectivity index (χ1n) is 9.51. The van der Waals surface area contributed by atoms with Gasteiger partial charge in [-0.25, -0.2) is 0 Å². The molecule has 1 amide bonds. The number of carbonyl (C=O) groups is 1. The number of nitrogens with zero attached hydrogens (tertiary/aromatic N) is 3. The summed E-state index contributed by atoms with van der Waals surface area (Å²) >= 11 is 9.66. The van der Waals surface area contributed by atoms with Crippen LogP contribution in [0.2, 0.25) is 5.02 Å². The SMILES string of the molecule is O=C(CSc1nnc(Cc2ccccc2)n1-c1ccc(Cl)cc1)Nc1ccc(I)cc1. The fourth-order valence-corrected chi connectivity index (χ4v) is 4.25. The van der Waals surface area contributed by atoms with E-state index in [0.717, 1.165) is 26.3 Å². The van der Waals surface area contributed by atoms with E-state index in [2.05, 4.69) is 50.2 Å². The summed E-state index contributed by atoms with van der Waals surface area (Å²) in [5.74, 6) is 0.929. The average molecular weight is 561 g/mol. The number of amides is 1. The summed E-state index contributed by atoms with van der Waals surface area (Å²) in [6.07, 6.45) is 0.631. The molecule has 156 valence electrons. The van der Waals surface area contributed by atoms with Gasteiger partial charge in [-0.05, 0) is 76.7 Å². The van der Waals surface area contributed by atoms with Crippen molar-refractivity contribution in [1.29, 1.82) is 0 Å². The van der Waals surface area contributed by atoms with Crippen LogP contribution in [0.15, 0.2) is 84.0 Å². The maximum Gasteiger partial charge on any atom is 0.234 e. The van der Waals surface area contributed by atoms with E-state index in [0.29, 0.717) is 16.6 Å². The zero-order valence-electron chi connectivity index (χ0n) is 16.3. The Labute approximate surface area is 203 Å². The average Bonchev–Trinajstić information content (AvgIpc) is 3.17.